The first kappa shape index (κ1) is 23.8. The van der Waals surface area contributed by atoms with Crippen molar-refractivity contribution in [3.63, 3.8) is 0 Å². The van der Waals surface area contributed by atoms with Crippen LogP contribution in [0, 0.1) is 5.92 Å². The van der Waals surface area contributed by atoms with Gasteiger partial charge in [0.1, 0.15) is 0 Å². The zero-order valence-corrected chi connectivity index (χ0v) is 20.0. The molecule has 3 rings (SSSR count). The van der Waals surface area contributed by atoms with Crippen LogP contribution in [0.5, 0.6) is 0 Å². The first-order valence-corrected chi connectivity index (χ1v) is 11.0. The molecule has 0 bridgehead atoms. The Kier molecular flexibility index (Phi) is 11.0. The molecule has 1 heterocycles. The minimum Gasteiger partial charge on any atom is -0.381 e. The zero-order chi connectivity index (χ0) is 18.8. The number of nitrogens with zero attached hydrogens (tertiary/aromatic N) is 1. The molecule has 7 heteroatoms. The fourth-order valence-electron chi connectivity index (χ4n) is 3.20. The van der Waals surface area contributed by atoms with Crippen molar-refractivity contribution in [2.75, 3.05) is 46.6 Å². The third-order valence-electron chi connectivity index (χ3n) is 5.14. The molecule has 5 nitrogen and oxygen atoms in total. The standard InChI is InChI=1S/C21H33N3O2S.HI/c1-22-20(23-12-5-13-26-16-18-8-14-25-15-9-18)24-17-21(10-11-21)27-19-6-3-2-4-7-19;/h2-4,6-7,18H,5,8-17H2,1H3,(H2,22,23,24);1H. The quantitative estimate of drug-likeness (QED) is 0.213. The van der Waals surface area contributed by atoms with E-state index in [1.807, 2.05) is 18.8 Å². The van der Waals surface area contributed by atoms with Gasteiger partial charge in [-0.1, -0.05) is 18.2 Å². The highest BCUT2D eigenvalue weighted by Gasteiger charge is 2.43. The normalized spacial score (nSPS) is 19.0. The van der Waals surface area contributed by atoms with Crippen LogP contribution in [-0.2, 0) is 9.47 Å². The molecular formula is C21H34IN3O2S. The number of nitrogens with one attached hydrogen (secondary N) is 2. The van der Waals surface area contributed by atoms with Crippen LogP contribution in [0.1, 0.15) is 32.1 Å². The van der Waals surface area contributed by atoms with Crippen molar-refractivity contribution in [2.45, 2.75) is 41.7 Å². The number of benzene rings is 1. The van der Waals surface area contributed by atoms with E-state index in [2.05, 4.69) is 46.0 Å². The fraction of sp³-hybridized carbons (Fsp3) is 0.667. The molecule has 0 amide bonds. The summed E-state index contributed by atoms with van der Waals surface area (Å²) in [6.07, 6.45) is 5.79. The van der Waals surface area contributed by atoms with Gasteiger partial charge in [0.05, 0.1) is 0 Å². The van der Waals surface area contributed by atoms with Crippen molar-refractivity contribution in [2.24, 2.45) is 10.9 Å². The summed E-state index contributed by atoms with van der Waals surface area (Å²) in [7, 11) is 1.83. The van der Waals surface area contributed by atoms with Gasteiger partial charge in [-0.15, -0.1) is 35.7 Å². The van der Waals surface area contributed by atoms with Crippen molar-refractivity contribution in [3.8, 4) is 0 Å². The first-order valence-electron chi connectivity index (χ1n) is 10.1. The number of ether oxygens (including phenoxy) is 2. The van der Waals surface area contributed by atoms with Crippen LogP contribution in [0.4, 0.5) is 0 Å². The highest BCUT2D eigenvalue weighted by molar-refractivity contribution is 14.0. The molecule has 0 unspecified atom stereocenters. The molecule has 0 aromatic heterocycles. The summed E-state index contributed by atoms with van der Waals surface area (Å²) in [5.74, 6) is 1.57. The van der Waals surface area contributed by atoms with Crippen molar-refractivity contribution >= 4 is 41.7 Å². The lowest BCUT2D eigenvalue weighted by molar-refractivity contribution is 0.0203. The number of thioether (sulfide) groups is 1. The predicted molar refractivity (Wildman–Crippen MR) is 128 cm³/mol. The summed E-state index contributed by atoms with van der Waals surface area (Å²) in [5.41, 5.74) is 0. The van der Waals surface area contributed by atoms with Gasteiger partial charge in [-0.2, -0.15) is 0 Å². The van der Waals surface area contributed by atoms with Crippen molar-refractivity contribution < 1.29 is 9.47 Å². The SMILES string of the molecule is CN=C(NCCCOCC1CCOCC1)NCC1(Sc2ccccc2)CC1.I. The molecule has 1 aliphatic carbocycles. The number of halogens is 1. The van der Waals surface area contributed by atoms with E-state index in [4.69, 9.17) is 9.47 Å². The van der Waals surface area contributed by atoms with Crippen molar-refractivity contribution in [1.29, 1.82) is 0 Å². The molecule has 2 aliphatic rings. The van der Waals surface area contributed by atoms with Crippen LogP contribution >= 0.6 is 35.7 Å². The molecule has 28 heavy (non-hydrogen) atoms. The topological polar surface area (TPSA) is 54.9 Å². The van der Waals surface area contributed by atoms with E-state index in [1.54, 1.807) is 0 Å². The Morgan fingerprint density at radius 2 is 1.96 bits per heavy atom. The number of guanidine groups is 1. The maximum Gasteiger partial charge on any atom is 0.191 e. The van der Waals surface area contributed by atoms with Crippen LogP contribution in [0.3, 0.4) is 0 Å². The smallest absolute Gasteiger partial charge is 0.191 e. The predicted octanol–water partition coefficient (Wildman–Crippen LogP) is 3.93. The van der Waals surface area contributed by atoms with Crippen molar-refractivity contribution in [1.82, 2.24) is 10.6 Å². The first-order chi connectivity index (χ1) is 13.3. The fourth-order valence-corrected chi connectivity index (χ4v) is 4.45. The van der Waals surface area contributed by atoms with Gasteiger partial charge in [-0.25, -0.2) is 0 Å². The molecule has 1 saturated carbocycles. The Morgan fingerprint density at radius 3 is 2.64 bits per heavy atom. The molecule has 1 aromatic carbocycles. The van der Waals surface area contributed by atoms with Gasteiger partial charge < -0.3 is 20.1 Å². The van der Waals surface area contributed by atoms with Crippen molar-refractivity contribution in [3.05, 3.63) is 30.3 Å². The summed E-state index contributed by atoms with van der Waals surface area (Å²) in [6, 6.07) is 10.7. The molecule has 1 aromatic rings. The largest absolute Gasteiger partial charge is 0.381 e. The van der Waals surface area contributed by atoms with Crippen LogP contribution < -0.4 is 10.6 Å². The Bertz CT molecular complexity index is 578. The Balaban J connectivity index is 0.00000280. The lowest BCUT2D eigenvalue weighted by Gasteiger charge is -2.21. The average Bonchev–Trinajstić information content (AvgIpc) is 3.48. The van der Waals surface area contributed by atoms with E-state index in [0.29, 0.717) is 10.7 Å². The number of aliphatic imine (C=N–C) groups is 1. The van der Waals surface area contributed by atoms with Crippen LogP contribution in [0.2, 0.25) is 0 Å². The summed E-state index contributed by atoms with van der Waals surface area (Å²) in [6.45, 7) is 5.28. The highest BCUT2D eigenvalue weighted by Crippen LogP contribution is 2.51. The maximum atomic E-state index is 5.82. The van der Waals surface area contributed by atoms with Crippen LogP contribution in [0.25, 0.3) is 0 Å². The molecule has 0 atom stereocenters. The summed E-state index contributed by atoms with van der Waals surface area (Å²) in [5, 5.41) is 6.90. The number of rotatable bonds is 10. The molecule has 1 saturated heterocycles. The van der Waals surface area contributed by atoms with E-state index in [0.717, 1.165) is 64.7 Å². The molecule has 0 spiro atoms. The average molecular weight is 519 g/mol. The van der Waals surface area contributed by atoms with E-state index in [-0.39, 0.29) is 24.0 Å². The molecule has 2 N–H and O–H groups in total. The summed E-state index contributed by atoms with van der Waals surface area (Å²) in [4.78, 5) is 5.70. The van der Waals surface area contributed by atoms with E-state index >= 15 is 0 Å². The Morgan fingerprint density at radius 1 is 1.21 bits per heavy atom. The molecule has 2 fully saturated rings. The summed E-state index contributed by atoms with van der Waals surface area (Å²) >= 11 is 1.98. The second kappa shape index (κ2) is 12.9. The minimum absolute atomic E-state index is 0. The molecule has 158 valence electrons. The van der Waals surface area contributed by atoms with Gasteiger partial charge in [-0.05, 0) is 50.2 Å². The van der Waals surface area contributed by atoms with Crippen LogP contribution in [0.15, 0.2) is 40.2 Å². The van der Waals surface area contributed by atoms with E-state index in [9.17, 15) is 0 Å². The van der Waals surface area contributed by atoms with Crippen LogP contribution in [-0.4, -0.2) is 57.3 Å². The van der Waals surface area contributed by atoms with Gasteiger partial charge in [-0.3, -0.25) is 4.99 Å². The van der Waals surface area contributed by atoms with Gasteiger partial charge in [0.2, 0.25) is 0 Å². The lowest BCUT2D eigenvalue weighted by atomic mass is 10.0. The second-order valence-corrected chi connectivity index (χ2v) is 8.98. The number of hydrogen-bond donors (Lipinski definition) is 2. The highest BCUT2D eigenvalue weighted by atomic mass is 127. The minimum atomic E-state index is 0. The third kappa shape index (κ3) is 8.47. The Labute approximate surface area is 190 Å². The van der Waals surface area contributed by atoms with E-state index in [1.165, 1.54) is 17.7 Å². The molecule has 0 radical (unpaired) electrons. The van der Waals surface area contributed by atoms with Gasteiger partial charge >= 0.3 is 0 Å². The Hall–Kier alpha value is -0.510. The van der Waals surface area contributed by atoms with Gasteiger partial charge in [0.25, 0.3) is 0 Å². The summed E-state index contributed by atoms with van der Waals surface area (Å²) < 4.78 is 11.5. The third-order valence-corrected chi connectivity index (χ3v) is 6.63. The van der Waals surface area contributed by atoms with Gasteiger partial charge in [0.15, 0.2) is 5.96 Å². The monoisotopic (exact) mass is 519 g/mol. The second-order valence-electron chi connectivity index (χ2n) is 7.43. The lowest BCUT2D eigenvalue weighted by Crippen LogP contribution is -2.41. The molecular weight excluding hydrogens is 485 g/mol. The van der Waals surface area contributed by atoms with E-state index < -0.39 is 0 Å². The maximum absolute atomic E-state index is 5.82. The van der Waals surface area contributed by atoms with Gasteiger partial charge in [0, 0.05) is 56.2 Å². The molecule has 1 aliphatic heterocycles. The zero-order valence-electron chi connectivity index (χ0n) is 16.8. The number of hydrogen-bond acceptors (Lipinski definition) is 4.